The molecule has 7 heteroatoms. The number of nitrogens with two attached hydrogens (primary N) is 1. The molecule has 0 aromatic heterocycles. The van der Waals surface area contributed by atoms with E-state index in [1.54, 1.807) is 14.2 Å². The van der Waals surface area contributed by atoms with Crippen LogP contribution in [0.3, 0.4) is 0 Å². The number of aliphatic imine (C=N–C) groups is 1. The molecule has 0 amide bonds. The zero-order valence-electron chi connectivity index (χ0n) is 16.0. The fourth-order valence-electron chi connectivity index (χ4n) is 2.32. The van der Waals surface area contributed by atoms with E-state index in [9.17, 15) is 0 Å². The highest BCUT2D eigenvalue weighted by atomic mass is 127. The number of rotatable bonds is 9. The van der Waals surface area contributed by atoms with Gasteiger partial charge in [0.15, 0.2) is 17.5 Å². The fraction of sp³-hybridized carbons (Fsp3) is 0.350. The number of nitrogens with zero attached hydrogens (tertiary/aromatic N) is 1. The van der Waals surface area contributed by atoms with E-state index < -0.39 is 0 Å². The van der Waals surface area contributed by atoms with E-state index in [0.717, 1.165) is 17.7 Å². The van der Waals surface area contributed by atoms with E-state index in [1.165, 1.54) is 5.56 Å². The summed E-state index contributed by atoms with van der Waals surface area (Å²) in [5, 5.41) is 3.09. The molecule has 148 valence electrons. The summed E-state index contributed by atoms with van der Waals surface area (Å²) in [6.07, 6.45) is 0.834. The molecule has 0 aliphatic carbocycles. The summed E-state index contributed by atoms with van der Waals surface area (Å²) in [4.78, 5) is 4.34. The first-order valence-corrected chi connectivity index (χ1v) is 8.56. The zero-order chi connectivity index (χ0) is 18.8. The van der Waals surface area contributed by atoms with Crippen molar-refractivity contribution >= 4 is 29.9 Å². The van der Waals surface area contributed by atoms with E-state index in [2.05, 4.69) is 17.2 Å². The Kier molecular flexibility index (Phi) is 10.4. The van der Waals surface area contributed by atoms with Gasteiger partial charge in [-0.3, -0.25) is 0 Å². The number of ether oxygens (including phenoxy) is 3. The van der Waals surface area contributed by atoms with Gasteiger partial charge >= 0.3 is 0 Å². The molecule has 0 aliphatic rings. The molecule has 0 heterocycles. The van der Waals surface area contributed by atoms with Crippen LogP contribution in [-0.4, -0.2) is 33.3 Å². The maximum absolute atomic E-state index is 5.90. The molecule has 0 saturated heterocycles. The largest absolute Gasteiger partial charge is 0.494 e. The van der Waals surface area contributed by atoms with Crippen molar-refractivity contribution in [3.05, 3.63) is 53.6 Å². The standard InChI is InChI=1S/C20H27N3O3.HI/c1-15-5-8-17(9-6-15)26-12-4-11-22-20(21)23-14-16-7-10-18(24-2)19(13-16)25-3;/h5-10,13H,4,11-12,14H2,1-3H3,(H3,21,22,23);1H. The first-order chi connectivity index (χ1) is 12.6. The maximum atomic E-state index is 5.90. The lowest BCUT2D eigenvalue weighted by molar-refractivity contribution is 0.311. The molecule has 0 fully saturated rings. The maximum Gasteiger partial charge on any atom is 0.188 e. The Labute approximate surface area is 178 Å². The summed E-state index contributed by atoms with van der Waals surface area (Å²) < 4.78 is 16.2. The van der Waals surface area contributed by atoms with Crippen LogP contribution < -0.4 is 25.3 Å². The molecule has 0 atom stereocenters. The van der Waals surface area contributed by atoms with Crippen molar-refractivity contribution in [3.63, 3.8) is 0 Å². The summed E-state index contributed by atoms with van der Waals surface area (Å²) >= 11 is 0. The van der Waals surface area contributed by atoms with Gasteiger partial charge in [-0.05, 0) is 43.2 Å². The first-order valence-electron chi connectivity index (χ1n) is 8.56. The third kappa shape index (κ3) is 7.94. The quantitative estimate of drug-likeness (QED) is 0.246. The first kappa shape index (κ1) is 22.9. The van der Waals surface area contributed by atoms with Crippen molar-refractivity contribution < 1.29 is 14.2 Å². The van der Waals surface area contributed by atoms with Crippen LogP contribution in [0.4, 0.5) is 0 Å². The van der Waals surface area contributed by atoms with Crippen LogP contribution >= 0.6 is 24.0 Å². The smallest absolute Gasteiger partial charge is 0.188 e. The van der Waals surface area contributed by atoms with Crippen LogP contribution in [0.15, 0.2) is 47.5 Å². The van der Waals surface area contributed by atoms with Crippen molar-refractivity contribution in [1.29, 1.82) is 0 Å². The van der Waals surface area contributed by atoms with Crippen LogP contribution in [-0.2, 0) is 6.54 Å². The van der Waals surface area contributed by atoms with Crippen molar-refractivity contribution in [2.24, 2.45) is 10.7 Å². The van der Waals surface area contributed by atoms with Gasteiger partial charge in [0.1, 0.15) is 5.75 Å². The fourth-order valence-corrected chi connectivity index (χ4v) is 2.32. The van der Waals surface area contributed by atoms with Crippen molar-refractivity contribution in [2.75, 3.05) is 27.4 Å². The Hall–Kier alpha value is -2.16. The molecule has 0 aliphatic heterocycles. The number of nitrogens with one attached hydrogen (secondary N) is 1. The number of guanidine groups is 1. The van der Waals surface area contributed by atoms with Gasteiger partial charge in [0.2, 0.25) is 0 Å². The van der Waals surface area contributed by atoms with Crippen LogP contribution in [0.1, 0.15) is 17.5 Å². The SMILES string of the molecule is COc1ccc(CN=C(N)NCCCOc2ccc(C)cc2)cc1OC.I. The van der Waals surface area contributed by atoms with Crippen molar-refractivity contribution in [2.45, 2.75) is 19.9 Å². The predicted molar refractivity (Wildman–Crippen MR) is 120 cm³/mol. The van der Waals surface area contributed by atoms with Crippen LogP contribution in [0, 0.1) is 6.92 Å². The van der Waals surface area contributed by atoms with Crippen molar-refractivity contribution in [3.8, 4) is 17.2 Å². The average molecular weight is 485 g/mol. The molecule has 0 unspecified atom stereocenters. The summed E-state index contributed by atoms with van der Waals surface area (Å²) in [5.74, 6) is 2.67. The lowest BCUT2D eigenvalue weighted by atomic mass is 10.2. The minimum Gasteiger partial charge on any atom is -0.494 e. The molecule has 0 bridgehead atoms. The van der Waals surface area contributed by atoms with Gasteiger partial charge in [-0.1, -0.05) is 23.8 Å². The molecular weight excluding hydrogens is 457 g/mol. The highest BCUT2D eigenvalue weighted by Crippen LogP contribution is 2.27. The molecule has 2 aromatic rings. The number of benzene rings is 2. The second kappa shape index (κ2) is 12.3. The summed E-state index contributed by atoms with van der Waals surface area (Å²) in [5.41, 5.74) is 8.12. The van der Waals surface area contributed by atoms with Crippen LogP contribution in [0.2, 0.25) is 0 Å². The van der Waals surface area contributed by atoms with Crippen LogP contribution in [0.25, 0.3) is 0 Å². The topological polar surface area (TPSA) is 78.1 Å². The van der Waals surface area contributed by atoms with Crippen LogP contribution in [0.5, 0.6) is 17.2 Å². The van der Waals surface area contributed by atoms with E-state index in [1.807, 2.05) is 42.5 Å². The second-order valence-electron chi connectivity index (χ2n) is 5.83. The third-order valence-corrected chi connectivity index (χ3v) is 3.80. The van der Waals surface area contributed by atoms with E-state index >= 15 is 0 Å². The summed E-state index contributed by atoms with van der Waals surface area (Å²) in [6, 6.07) is 13.7. The minimum atomic E-state index is 0. The van der Waals surface area contributed by atoms with Crippen molar-refractivity contribution in [1.82, 2.24) is 5.32 Å². The predicted octanol–water partition coefficient (Wildman–Crippen LogP) is 3.50. The lowest BCUT2D eigenvalue weighted by Crippen LogP contribution is -2.33. The van der Waals surface area contributed by atoms with Gasteiger partial charge in [-0.15, -0.1) is 24.0 Å². The second-order valence-corrected chi connectivity index (χ2v) is 5.83. The monoisotopic (exact) mass is 485 g/mol. The van der Waals surface area contributed by atoms with Gasteiger partial charge in [-0.2, -0.15) is 0 Å². The normalized spacial score (nSPS) is 10.7. The molecule has 27 heavy (non-hydrogen) atoms. The molecule has 0 saturated carbocycles. The number of hydrogen-bond acceptors (Lipinski definition) is 4. The van der Waals surface area contributed by atoms with Gasteiger partial charge in [-0.25, -0.2) is 4.99 Å². The number of halogens is 1. The Morgan fingerprint density at radius 1 is 1.04 bits per heavy atom. The molecule has 2 rings (SSSR count). The highest BCUT2D eigenvalue weighted by Gasteiger charge is 2.04. The molecule has 6 nitrogen and oxygen atoms in total. The Balaban J connectivity index is 0.00000364. The van der Waals surface area contributed by atoms with Gasteiger partial charge in [0.25, 0.3) is 0 Å². The summed E-state index contributed by atoms with van der Waals surface area (Å²) in [7, 11) is 3.22. The van der Waals surface area contributed by atoms with E-state index in [0.29, 0.717) is 37.2 Å². The Bertz CT molecular complexity index is 721. The molecule has 2 aromatic carbocycles. The molecule has 0 spiro atoms. The lowest BCUT2D eigenvalue weighted by Gasteiger charge is -2.09. The Morgan fingerprint density at radius 2 is 1.74 bits per heavy atom. The molecular formula is C20H28IN3O3. The number of aryl methyl sites for hydroxylation is 1. The van der Waals surface area contributed by atoms with Gasteiger partial charge in [0.05, 0.1) is 27.4 Å². The zero-order valence-corrected chi connectivity index (χ0v) is 18.4. The minimum absolute atomic E-state index is 0. The number of hydrogen-bond donors (Lipinski definition) is 2. The number of methoxy groups -OCH3 is 2. The van der Waals surface area contributed by atoms with E-state index in [-0.39, 0.29) is 24.0 Å². The van der Waals surface area contributed by atoms with E-state index in [4.69, 9.17) is 19.9 Å². The van der Waals surface area contributed by atoms with Gasteiger partial charge < -0.3 is 25.3 Å². The average Bonchev–Trinajstić information content (AvgIpc) is 2.67. The molecule has 3 N–H and O–H groups in total. The third-order valence-electron chi connectivity index (χ3n) is 3.80. The van der Waals surface area contributed by atoms with Gasteiger partial charge in [0, 0.05) is 6.54 Å². The summed E-state index contributed by atoms with van der Waals surface area (Å²) in [6.45, 7) is 3.85. The Morgan fingerprint density at radius 3 is 2.41 bits per heavy atom. The molecule has 0 radical (unpaired) electrons. The highest BCUT2D eigenvalue weighted by molar-refractivity contribution is 14.0.